The number of carbonyl (C=O) groups is 1. The molecular weight excluding hydrogens is 638 g/mol. The van der Waals surface area contributed by atoms with Crippen LogP contribution < -0.4 is 4.89 Å². The van der Waals surface area contributed by atoms with Crippen LogP contribution in [0, 0.1) is 12.8 Å². The van der Waals surface area contributed by atoms with Gasteiger partial charge in [-0.15, -0.1) is 0 Å². The van der Waals surface area contributed by atoms with E-state index in [4.69, 9.17) is 35.4 Å². The molecule has 7 nitrogen and oxygen atoms in total. The largest absolute Gasteiger partial charge is 0.780 e. The predicted molar refractivity (Wildman–Crippen MR) is 195 cm³/mol. The summed E-state index contributed by atoms with van der Waals surface area (Å²) in [6, 6.07) is 0. The van der Waals surface area contributed by atoms with Crippen molar-refractivity contribution in [2.75, 3.05) is 26.4 Å². The van der Waals surface area contributed by atoms with Crippen molar-refractivity contribution in [1.29, 1.82) is 0 Å². The van der Waals surface area contributed by atoms with E-state index in [0.717, 1.165) is 38.5 Å². The molecule has 0 bridgehead atoms. The number of hydrogen-bond acceptors (Lipinski definition) is 7. The number of hydrogen-bond donors (Lipinski definition) is 1. The molecule has 1 N–H and O–H groups in total. The van der Waals surface area contributed by atoms with Crippen LogP contribution >= 0.6 is 6.72 Å². The lowest BCUT2D eigenvalue weighted by atomic mass is 9.91. The van der Waals surface area contributed by atoms with E-state index in [9.17, 15) is 14.1 Å². The first-order valence-corrected chi connectivity index (χ1v) is 21.7. The van der Waals surface area contributed by atoms with Gasteiger partial charge in [-0.1, -0.05) is 135 Å². The summed E-state index contributed by atoms with van der Waals surface area (Å²) < 4.78 is 37.4. The zero-order valence-corrected chi connectivity index (χ0v) is 32.2. The van der Waals surface area contributed by atoms with E-state index in [2.05, 4.69) is 20.8 Å². The van der Waals surface area contributed by atoms with Crippen LogP contribution in [0.15, 0.2) is 0 Å². The second kappa shape index (κ2) is 32.9. The van der Waals surface area contributed by atoms with Crippen LogP contribution in [0.5, 0.6) is 0 Å². The number of aliphatic carboxylic acids is 1. The summed E-state index contributed by atoms with van der Waals surface area (Å²) >= 11 is 5.18. The van der Waals surface area contributed by atoms with E-state index in [1.807, 2.05) is 6.92 Å². The van der Waals surface area contributed by atoms with Crippen LogP contribution in [0.3, 0.4) is 0 Å². The van der Waals surface area contributed by atoms with Crippen LogP contribution in [0.1, 0.15) is 175 Å². The molecular formula is C37H72FO7PS. The second-order valence-corrected chi connectivity index (χ2v) is 15.9. The Morgan fingerprint density at radius 1 is 0.723 bits per heavy atom. The Hall–Kier alpha value is -0.280. The highest BCUT2D eigenvalue weighted by atomic mass is 32.5. The monoisotopic (exact) mass is 710 g/mol. The van der Waals surface area contributed by atoms with Gasteiger partial charge in [0, 0.05) is 19.6 Å². The summed E-state index contributed by atoms with van der Waals surface area (Å²) in [4.78, 5) is 23.7. The van der Waals surface area contributed by atoms with Crippen LogP contribution in [-0.4, -0.2) is 55.9 Å². The number of carboxylic acid groups (broad SMARTS) is 1. The summed E-state index contributed by atoms with van der Waals surface area (Å²) in [7, 11) is 0. The van der Waals surface area contributed by atoms with E-state index in [1.54, 1.807) is 0 Å². The van der Waals surface area contributed by atoms with Gasteiger partial charge in [0.05, 0.1) is 20.1 Å². The topological polar surface area (TPSA) is 97.3 Å². The molecule has 0 aromatic rings. The van der Waals surface area contributed by atoms with Crippen LogP contribution in [0.2, 0.25) is 0 Å². The summed E-state index contributed by atoms with van der Waals surface area (Å²) in [5.74, 6) is -0.352. The van der Waals surface area contributed by atoms with Gasteiger partial charge in [0.15, 0.2) is 0 Å². The number of alkyl halides is 1. The molecule has 0 radical (unpaired) electrons. The Morgan fingerprint density at radius 2 is 1.26 bits per heavy atom. The maximum Gasteiger partial charge on any atom is 0.303 e. The number of rotatable bonds is 37. The highest BCUT2D eigenvalue weighted by molar-refractivity contribution is 8.06. The van der Waals surface area contributed by atoms with E-state index in [1.165, 1.54) is 70.6 Å². The maximum absolute atomic E-state index is 14.3. The summed E-state index contributed by atoms with van der Waals surface area (Å²) in [6.45, 7) is 7.49. The number of ether oxygens (including phenoxy) is 2. The smallest absolute Gasteiger partial charge is 0.303 e. The summed E-state index contributed by atoms with van der Waals surface area (Å²) in [5.41, 5.74) is 0. The summed E-state index contributed by atoms with van der Waals surface area (Å²) in [6.07, 6.45) is 22.2. The summed E-state index contributed by atoms with van der Waals surface area (Å²) in [5, 5.41) is 8.83. The molecule has 0 aliphatic heterocycles. The molecule has 280 valence electrons. The normalized spacial score (nSPS) is 15.7. The minimum absolute atomic E-state index is 0.0934. The molecule has 10 heteroatoms. The molecule has 0 aliphatic carbocycles. The van der Waals surface area contributed by atoms with Crippen molar-refractivity contribution < 1.29 is 37.7 Å². The third kappa shape index (κ3) is 31.4. The second-order valence-electron chi connectivity index (χ2n) is 13.2. The molecule has 5 atom stereocenters. The molecule has 0 saturated carbocycles. The molecule has 5 unspecified atom stereocenters. The van der Waals surface area contributed by atoms with Crippen molar-refractivity contribution in [3.8, 4) is 0 Å². The number of halogens is 1. The Kier molecular flexibility index (Phi) is 32.7. The van der Waals surface area contributed by atoms with Crippen molar-refractivity contribution in [1.82, 2.24) is 0 Å². The minimum Gasteiger partial charge on any atom is -0.780 e. The van der Waals surface area contributed by atoms with Gasteiger partial charge in [0.25, 0.3) is 0 Å². The van der Waals surface area contributed by atoms with Gasteiger partial charge in [-0.2, -0.15) is 0 Å². The van der Waals surface area contributed by atoms with Gasteiger partial charge in [-0.3, -0.25) is 4.79 Å². The zero-order chi connectivity index (χ0) is 35.0. The molecule has 0 aliphatic rings. The predicted octanol–water partition coefficient (Wildman–Crippen LogP) is 10.7. The lowest BCUT2D eigenvalue weighted by Crippen LogP contribution is -2.29. The van der Waals surface area contributed by atoms with Crippen molar-refractivity contribution in [2.24, 2.45) is 5.92 Å². The highest BCUT2D eigenvalue weighted by Gasteiger charge is 2.20. The molecule has 47 heavy (non-hydrogen) atoms. The fourth-order valence-corrected chi connectivity index (χ4v) is 7.60. The lowest BCUT2D eigenvalue weighted by Gasteiger charge is -2.34. The Labute approximate surface area is 294 Å². The molecule has 0 aromatic heterocycles. The van der Waals surface area contributed by atoms with Crippen molar-refractivity contribution in [3.05, 3.63) is 6.92 Å². The minimum atomic E-state index is -3.78. The fraction of sp³-hybridized carbons (Fsp3) is 0.946. The van der Waals surface area contributed by atoms with Crippen molar-refractivity contribution in [2.45, 2.75) is 193 Å². The standard InChI is InChI=1S/C37H72FO7PS/c1-5-9-11-12-13-14-15-16-17-18-19-23-33(24-22-26-34(38)25-10-6-2)28-30-43-32-36(31-42-29-21-20-27-37(39)40)45-46(41,47)44-35(7-3)8-4/h33-36H,3,5-32H2,1-2,4H3,(H-,39,40,41,47). The quantitative estimate of drug-likeness (QED) is 0.0387. The van der Waals surface area contributed by atoms with E-state index < -0.39 is 25.0 Å². The van der Waals surface area contributed by atoms with Crippen molar-refractivity contribution in [3.63, 3.8) is 0 Å². The Balaban J connectivity index is 4.82. The van der Waals surface area contributed by atoms with Gasteiger partial charge < -0.3 is 28.5 Å². The maximum atomic E-state index is 14.3. The third-order valence-electron chi connectivity index (χ3n) is 8.76. The SMILES string of the molecule is [CH2+]CC(CC)OP([O-])(=S)OC(COCCCCC(=O)O)COCCC(CCCCCCCCCCCCC)CCCC(F)CCCC. The van der Waals surface area contributed by atoms with Crippen LogP contribution in [0.25, 0.3) is 0 Å². The van der Waals surface area contributed by atoms with Gasteiger partial charge in [0.2, 0.25) is 0 Å². The van der Waals surface area contributed by atoms with Crippen LogP contribution in [-0.2, 0) is 35.1 Å². The molecule has 0 fully saturated rings. The van der Waals surface area contributed by atoms with Gasteiger partial charge in [0.1, 0.15) is 31.5 Å². The molecule has 0 amide bonds. The third-order valence-corrected chi connectivity index (χ3v) is 10.4. The Morgan fingerprint density at radius 3 is 1.83 bits per heavy atom. The Bertz CT molecular complexity index is 743. The number of carboxylic acids is 1. The zero-order valence-electron chi connectivity index (χ0n) is 30.4. The van der Waals surface area contributed by atoms with E-state index >= 15 is 0 Å². The van der Waals surface area contributed by atoms with E-state index in [0.29, 0.717) is 57.7 Å². The number of unbranched alkanes of at least 4 members (excludes halogenated alkanes) is 12. The molecule has 0 aromatic carbocycles. The highest BCUT2D eigenvalue weighted by Crippen LogP contribution is 2.43. The molecule has 0 saturated heterocycles. The van der Waals surface area contributed by atoms with Gasteiger partial charge in [-0.05, 0) is 44.4 Å². The molecule has 0 spiro atoms. The molecule has 0 rings (SSSR count). The average Bonchev–Trinajstić information content (AvgIpc) is 3.04. The van der Waals surface area contributed by atoms with Gasteiger partial charge in [-0.25, -0.2) is 4.39 Å². The first kappa shape index (κ1) is 46.7. The van der Waals surface area contributed by atoms with Crippen LogP contribution in [0.4, 0.5) is 4.39 Å². The van der Waals surface area contributed by atoms with Crippen molar-refractivity contribution >= 4 is 24.5 Å². The average molecular weight is 711 g/mol. The first-order valence-electron chi connectivity index (χ1n) is 19.2. The lowest BCUT2D eigenvalue weighted by molar-refractivity contribution is -0.218. The first-order chi connectivity index (χ1) is 22.7. The molecule has 0 heterocycles. The van der Waals surface area contributed by atoms with Gasteiger partial charge >= 0.3 is 5.97 Å². The fourth-order valence-electron chi connectivity index (χ4n) is 5.72. The van der Waals surface area contributed by atoms with E-state index in [-0.39, 0.29) is 25.7 Å².